The van der Waals surface area contributed by atoms with Gasteiger partial charge in [-0.15, -0.1) is 0 Å². The summed E-state index contributed by atoms with van der Waals surface area (Å²) >= 11 is 12.4. The van der Waals surface area contributed by atoms with Crippen molar-refractivity contribution in [2.45, 2.75) is 31.8 Å². The first kappa shape index (κ1) is 17.8. The fraction of sp³-hybridized carbons (Fsp3) is 0.400. The monoisotopic (exact) mass is 362 g/mol. The van der Waals surface area contributed by atoms with E-state index in [1.54, 1.807) is 0 Å². The van der Waals surface area contributed by atoms with Crippen LogP contribution in [0.2, 0.25) is 10.0 Å². The lowest BCUT2D eigenvalue weighted by Gasteiger charge is -2.35. The molecule has 0 atom stereocenters. The predicted molar refractivity (Wildman–Crippen MR) is 103 cm³/mol. The van der Waals surface area contributed by atoms with Gasteiger partial charge in [0.2, 0.25) is 0 Å². The maximum atomic E-state index is 6.41. The number of hydrogen-bond acceptors (Lipinski definition) is 2. The number of rotatable bonds is 6. The van der Waals surface area contributed by atoms with Crippen LogP contribution in [-0.2, 0) is 13.0 Å². The maximum Gasteiger partial charge on any atom is 0.0465 e. The Hall–Kier alpha value is -1.06. The molecule has 24 heavy (non-hydrogen) atoms. The highest BCUT2D eigenvalue weighted by Gasteiger charge is 2.21. The highest BCUT2D eigenvalue weighted by atomic mass is 35.5. The molecule has 1 saturated heterocycles. The number of nitrogens with one attached hydrogen (secondary N) is 1. The Kier molecular flexibility index (Phi) is 6.56. The molecule has 2 nitrogen and oxygen atoms in total. The first-order chi connectivity index (χ1) is 11.7. The van der Waals surface area contributed by atoms with Crippen LogP contribution in [0.5, 0.6) is 0 Å². The lowest BCUT2D eigenvalue weighted by Crippen LogP contribution is -2.43. The normalized spacial score (nSPS) is 15.8. The summed E-state index contributed by atoms with van der Waals surface area (Å²) in [5.41, 5.74) is 2.55. The van der Waals surface area contributed by atoms with E-state index in [0.29, 0.717) is 11.1 Å². The summed E-state index contributed by atoms with van der Waals surface area (Å²) in [5, 5.41) is 4.92. The molecule has 0 bridgehead atoms. The predicted octanol–water partition coefficient (Wildman–Crippen LogP) is 4.79. The van der Waals surface area contributed by atoms with E-state index in [2.05, 4.69) is 46.6 Å². The van der Waals surface area contributed by atoms with Crippen LogP contribution in [0, 0.1) is 0 Å². The zero-order valence-corrected chi connectivity index (χ0v) is 15.4. The van der Waals surface area contributed by atoms with Crippen molar-refractivity contribution in [3.8, 4) is 0 Å². The largest absolute Gasteiger partial charge is 0.317 e. The van der Waals surface area contributed by atoms with Gasteiger partial charge >= 0.3 is 0 Å². The van der Waals surface area contributed by atoms with Crippen LogP contribution >= 0.6 is 23.2 Å². The fourth-order valence-electron chi connectivity index (χ4n) is 3.35. The molecule has 0 radical (unpaired) electrons. The highest BCUT2D eigenvalue weighted by molar-refractivity contribution is 6.35. The zero-order valence-electron chi connectivity index (χ0n) is 13.8. The first-order valence-electron chi connectivity index (χ1n) is 8.65. The van der Waals surface area contributed by atoms with Crippen molar-refractivity contribution in [1.29, 1.82) is 0 Å². The molecular formula is C20H24Cl2N2. The Morgan fingerprint density at radius 3 is 2.46 bits per heavy atom. The molecule has 0 spiro atoms. The van der Waals surface area contributed by atoms with Crippen LogP contribution in [0.4, 0.5) is 0 Å². The third-order valence-electron chi connectivity index (χ3n) is 4.74. The first-order valence-corrected chi connectivity index (χ1v) is 9.40. The second-order valence-corrected chi connectivity index (χ2v) is 7.27. The number of piperidine rings is 1. The van der Waals surface area contributed by atoms with Crippen LogP contribution in [0.3, 0.4) is 0 Å². The van der Waals surface area contributed by atoms with E-state index < -0.39 is 0 Å². The van der Waals surface area contributed by atoms with E-state index >= 15 is 0 Å². The molecule has 2 aromatic rings. The summed E-state index contributed by atoms with van der Waals surface area (Å²) in [6.45, 7) is 4.13. The molecule has 0 amide bonds. The molecule has 0 aromatic heterocycles. The van der Waals surface area contributed by atoms with Crippen molar-refractivity contribution >= 4 is 23.2 Å². The fourth-order valence-corrected chi connectivity index (χ4v) is 3.82. The number of benzene rings is 2. The van der Waals surface area contributed by atoms with E-state index in [-0.39, 0.29) is 0 Å². The van der Waals surface area contributed by atoms with Crippen molar-refractivity contribution in [2.75, 3.05) is 19.6 Å². The van der Waals surface area contributed by atoms with Crippen LogP contribution in [0.1, 0.15) is 24.0 Å². The third-order valence-corrected chi connectivity index (χ3v) is 5.33. The number of nitrogens with zero attached hydrogens (tertiary/aromatic N) is 1. The topological polar surface area (TPSA) is 15.3 Å². The average molecular weight is 363 g/mol. The standard InChI is InChI=1S/C20H24Cl2N2/c21-18-7-6-17(20(22)14-18)15-24(19-8-11-23-12-9-19)13-10-16-4-2-1-3-5-16/h1-7,14,19,23H,8-13,15H2. The Bertz CT molecular complexity index is 639. The van der Waals surface area contributed by atoms with Gasteiger partial charge in [0.1, 0.15) is 0 Å². The lowest BCUT2D eigenvalue weighted by molar-refractivity contribution is 0.156. The molecule has 2 aromatic carbocycles. The summed E-state index contributed by atoms with van der Waals surface area (Å²) < 4.78 is 0. The van der Waals surface area contributed by atoms with Gasteiger partial charge in [-0.3, -0.25) is 4.90 Å². The Balaban J connectivity index is 1.71. The van der Waals surface area contributed by atoms with Crippen molar-refractivity contribution in [1.82, 2.24) is 10.2 Å². The van der Waals surface area contributed by atoms with Gasteiger partial charge < -0.3 is 5.32 Å². The van der Waals surface area contributed by atoms with Gasteiger partial charge in [0.05, 0.1) is 0 Å². The van der Waals surface area contributed by atoms with Gasteiger partial charge in [-0.05, 0) is 55.6 Å². The Morgan fingerprint density at radius 1 is 1.00 bits per heavy atom. The van der Waals surface area contributed by atoms with E-state index in [0.717, 1.165) is 43.2 Å². The van der Waals surface area contributed by atoms with Crippen LogP contribution in [-0.4, -0.2) is 30.6 Å². The van der Waals surface area contributed by atoms with Crippen molar-refractivity contribution in [3.63, 3.8) is 0 Å². The molecule has 0 unspecified atom stereocenters. The summed E-state index contributed by atoms with van der Waals surface area (Å²) in [5.74, 6) is 0. The Morgan fingerprint density at radius 2 is 1.75 bits per heavy atom. The van der Waals surface area contributed by atoms with Gasteiger partial charge in [0.25, 0.3) is 0 Å². The summed E-state index contributed by atoms with van der Waals surface area (Å²) in [6, 6.07) is 17.1. The zero-order chi connectivity index (χ0) is 16.8. The van der Waals surface area contributed by atoms with Crippen LogP contribution in [0.25, 0.3) is 0 Å². The minimum Gasteiger partial charge on any atom is -0.317 e. The molecule has 4 heteroatoms. The summed E-state index contributed by atoms with van der Waals surface area (Å²) in [7, 11) is 0. The lowest BCUT2D eigenvalue weighted by atomic mass is 10.0. The maximum absolute atomic E-state index is 6.41. The van der Waals surface area contributed by atoms with Gasteiger partial charge in [-0.25, -0.2) is 0 Å². The third kappa shape index (κ3) is 4.97. The molecule has 0 saturated carbocycles. The Labute approximate surface area is 154 Å². The number of halogens is 2. The van der Waals surface area contributed by atoms with Crippen LogP contribution < -0.4 is 5.32 Å². The highest BCUT2D eigenvalue weighted by Crippen LogP contribution is 2.24. The minimum absolute atomic E-state index is 0.613. The second-order valence-electron chi connectivity index (χ2n) is 6.42. The molecule has 1 aliphatic heterocycles. The van der Waals surface area contributed by atoms with E-state index in [4.69, 9.17) is 23.2 Å². The molecule has 3 rings (SSSR count). The van der Waals surface area contributed by atoms with Gasteiger partial charge in [-0.1, -0.05) is 59.6 Å². The van der Waals surface area contributed by atoms with E-state index in [1.807, 2.05) is 12.1 Å². The quantitative estimate of drug-likeness (QED) is 0.794. The molecule has 128 valence electrons. The molecule has 1 N–H and O–H groups in total. The second kappa shape index (κ2) is 8.87. The molecule has 1 fully saturated rings. The molecule has 1 heterocycles. The summed E-state index contributed by atoms with van der Waals surface area (Å²) in [6.07, 6.45) is 3.45. The minimum atomic E-state index is 0.613. The van der Waals surface area contributed by atoms with Gasteiger partial charge in [0.15, 0.2) is 0 Å². The SMILES string of the molecule is Clc1ccc(CN(CCc2ccccc2)C2CCNCC2)c(Cl)c1. The molecule has 1 aliphatic rings. The smallest absolute Gasteiger partial charge is 0.0465 e. The van der Waals surface area contributed by atoms with Crippen molar-refractivity contribution < 1.29 is 0 Å². The van der Waals surface area contributed by atoms with Gasteiger partial charge in [-0.2, -0.15) is 0 Å². The molecule has 0 aliphatic carbocycles. The van der Waals surface area contributed by atoms with Crippen LogP contribution in [0.15, 0.2) is 48.5 Å². The average Bonchev–Trinajstić information content (AvgIpc) is 2.62. The molecular weight excluding hydrogens is 339 g/mol. The van der Waals surface area contributed by atoms with Gasteiger partial charge in [0, 0.05) is 29.2 Å². The van der Waals surface area contributed by atoms with E-state index in [1.165, 1.54) is 18.4 Å². The number of hydrogen-bond donors (Lipinski definition) is 1. The van der Waals surface area contributed by atoms with E-state index in [9.17, 15) is 0 Å². The van der Waals surface area contributed by atoms with Crippen molar-refractivity contribution in [2.24, 2.45) is 0 Å². The van der Waals surface area contributed by atoms with Crippen molar-refractivity contribution in [3.05, 3.63) is 69.7 Å². The summed E-state index contributed by atoms with van der Waals surface area (Å²) in [4.78, 5) is 2.59.